The van der Waals surface area contributed by atoms with Gasteiger partial charge in [-0.2, -0.15) is 0 Å². The van der Waals surface area contributed by atoms with E-state index >= 15 is 0 Å². The lowest BCUT2D eigenvalue weighted by atomic mass is 10.3. The zero-order valence-corrected chi connectivity index (χ0v) is 21.9. The van der Waals surface area contributed by atoms with Crippen molar-refractivity contribution in [2.45, 2.75) is 81.9 Å². The maximum atomic E-state index is 11.0. The van der Waals surface area contributed by atoms with Crippen molar-refractivity contribution in [3.63, 3.8) is 0 Å². The minimum Gasteiger partial charge on any atom is -0.299 e. The second-order valence-electron chi connectivity index (χ2n) is 9.17. The van der Waals surface area contributed by atoms with Crippen molar-refractivity contribution in [3.05, 3.63) is 0 Å². The third kappa shape index (κ3) is 14.1. The van der Waals surface area contributed by atoms with Gasteiger partial charge < -0.3 is 0 Å². The largest absolute Gasteiger partial charge is 0.299 e. The third-order valence-electron chi connectivity index (χ3n) is 5.42. The van der Waals surface area contributed by atoms with Crippen LogP contribution >= 0.6 is 0 Å². The van der Waals surface area contributed by atoms with Crippen LogP contribution in [-0.2, 0) is 29.2 Å². The van der Waals surface area contributed by atoms with Crippen LogP contribution in [-0.4, -0.2) is 114 Å². The highest BCUT2D eigenvalue weighted by Gasteiger charge is 2.27. The normalized spacial score (nSPS) is 23.5. The summed E-state index contributed by atoms with van der Waals surface area (Å²) in [6.45, 7) is 14.6. The number of rotatable bonds is 3. The quantitative estimate of drug-likeness (QED) is 0.509. The first-order valence-corrected chi connectivity index (χ1v) is 16.2. The molecule has 3 aliphatic rings. The molecule has 8 nitrogen and oxygen atoms in total. The van der Waals surface area contributed by atoms with Crippen molar-refractivity contribution in [1.82, 2.24) is 14.7 Å². The van der Waals surface area contributed by atoms with Crippen molar-refractivity contribution in [2.75, 3.05) is 54.5 Å². The summed E-state index contributed by atoms with van der Waals surface area (Å²) in [4.78, 5) is 6.33. The molecule has 0 bridgehead atoms. The average Bonchev–Trinajstić information content (AvgIpc) is 2.93. The van der Waals surface area contributed by atoms with Crippen molar-refractivity contribution >= 4 is 35.1 Å². The monoisotopic (exact) mass is 535 g/mol. The van der Waals surface area contributed by atoms with Gasteiger partial charge in [0.25, 0.3) is 0 Å². The van der Waals surface area contributed by atoms with E-state index in [2.05, 4.69) is 43.4 Å². The van der Waals surface area contributed by atoms with Gasteiger partial charge >= 0.3 is 0 Å². The Morgan fingerprint density at radius 2 is 0.879 bits per heavy atom. The second-order valence-corrected chi connectivity index (χ2v) is 16.1. The maximum Gasteiger partial charge on any atom is 0.164 e. The van der Waals surface area contributed by atoms with E-state index in [9.17, 15) is 21.0 Å². The molecule has 3 saturated heterocycles. The summed E-state index contributed by atoms with van der Waals surface area (Å²) in [5.74, 6) is 6.26. The Kier molecular flexibility index (Phi) is 17.0. The van der Waals surface area contributed by atoms with Gasteiger partial charge in [-0.15, -0.1) is 0 Å². The molecule has 33 heavy (non-hydrogen) atoms. The SMILES string of the molecule is C.C.C.C=S1(=O)CN(C(C)C)C1.CC(C)N1CCS(=O)(=O)C1.CC(C)N1CCS(=O)(=O)CC1. The molecule has 11 heteroatoms. The molecular weight excluding hydrogens is 482 g/mol. The topological polar surface area (TPSA) is 95.1 Å². The van der Waals surface area contributed by atoms with Crippen LogP contribution < -0.4 is 0 Å². The molecule has 3 aliphatic heterocycles. The van der Waals surface area contributed by atoms with Gasteiger partial charge in [-0.25, -0.2) is 16.8 Å². The number of sulfone groups is 2. The van der Waals surface area contributed by atoms with Gasteiger partial charge in [-0.3, -0.25) is 18.9 Å². The zero-order valence-electron chi connectivity index (χ0n) is 19.4. The fourth-order valence-corrected chi connectivity index (χ4v) is 7.69. The van der Waals surface area contributed by atoms with Crippen molar-refractivity contribution < 1.29 is 21.0 Å². The predicted octanol–water partition coefficient (Wildman–Crippen LogP) is 2.46. The van der Waals surface area contributed by atoms with Crippen LogP contribution in [0, 0.1) is 0 Å². The summed E-state index contributed by atoms with van der Waals surface area (Å²) >= 11 is 0. The summed E-state index contributed by atoms with van der Waals surface area (Å²) in [6.07, 6.45) is 0. The molecule has 0 aromatic carbocycles. The molecule has 0 N–H and O–H groups in total. The van der Waals surface area contributed by atoms with Crippen molar-refractivity contribution in [2.24, 2.45) is 0 Å². The molecule has 0 atom stereocenters. The van der Waals surface area contributed by atoms with Crippen LogP contribution in [0.4, 0.5) is 0 Å². The Bertz CT molecular complexity index is 826. The van der Waals surface area contributed by atoms with Crippen LogP contribution in [0.15, 0.2) is 0 Å². The van der Waals surface area contributed by atoms with Gasteiger partial charge in [0.1, 0.15) is 5.88 Å². The number of hydrogen-bond acceptors (Lipinski definition) is 8. The molecule has 3 heterocycles. The van der Waals surface area contributed by atoms with Gasteiger partial charge in [-0.1, -0.05) is 22.3 Å². The standard InChI is InChI=1S/C7H15NO2S.C6H13NO2S.C6H13NOS.3CH4/c1-7(2)8-3-5-11(9,10)6-4-8;1-6(2)7-3-4-10(8,9)5-7;1-6(2)7-4-9(3,8)5-7;;;/h7H,3-6H2,1-2H3;6H,3-5H2,1-2H3;6H,3-5H2,1-2H3;3*1H4. The number of hydrogen-bond donors (Lipinski definition) is 0. The molecule has 0 spiro atoms. The van der Waals surface area contributed by atoms with E-state index in [0.717, 1.165) is 0 Å². The lowest BCUT2D eigenvalue weighted by Crippen LogP contribution is -2.49. The highest BCUT2D eigenvalue weighted by molar-refractivity contribution is 8.01. The molecular formula is C22H53N3O5S3. The van der Waals surface area contributed by atoms with Crippen LogP contribution in [0.2, 0.25) is 0 Å². The lowest BCUT2D eigenvalue weighted by molar-refractivity contribution is 0.240. The molecule has 3 rings (SSSR count). The van der Waals surface area contributed by atoms with E-state index in [0.29, 0.717) is 66.8 Å². The van der Waals surface area contributed by atoms with Crippen molar-refractivity contribution in [1.29, 1.82) is 0 Å². The predicted molar refractivity (Wildman–Crippen MR) is 148 cm³/mol. The molecule has 0 amide bonds. The Morgan fingerprint density at radius 1 is 0.545 bits per heavy atom. The van der Waals surface area contributed by atoms with E-state index in [1.54, 1.807) is 0 Å². The summed E-state index contributed by atoms with van der Waals surface area (Å²) in [7, 11) is -7.06. The van der Waals surface area contributed by atoms with Crippen LogP contribution in [0.1, 0.15) is 63.8 Å². The van der Waals surface area contributed by atoms with Crippen LogP contribution in [0.3, 0.4) is 0 Å². The summed E-state index contributed by atoms with van der Waals surface area (Å²) < 4.78 is 54.8. The van der Waals surface area contributed by atoms with Crippen molar-refractivity contribution in [3.8, 4) is 0 Å². The lowest BCUT2D eigenvalue weighted by Gasteiger charge is -2.37. The first-order chi connectivity index (χ1) is 13.5. The van der Waals surface area contributed by atoms with E-state index in [1.165, 1.54) is 0 Å². The van der Waals surface area contributed by atoms with Gasteiger partial charge in [0.05, 0.1) is 29.0 Å². The first-order valence-electron chi connectivity index (χ1n) is 10.5. The first kappa shape index (κ1) is 37.4. The van der Waals surface area contributed by atoms with Crippen LogP contribution in [0.5, 0.6) is 0 Å². The van der Waals surface area contributed by atoms with Gasteiger partial charge in [0, 0.05) is 37.8 Å². The van der Waals surface area contributed by atoms with Gasteiger partial charge in [0.15, 0.2) is 19.7 Å². The summed E-state index contributed by atoms with van der Waals surface area (Å²) in [5.41, 5.74) is 0. The molecule has 0 aromatic rings. The Labute approximate surface area is 206 Å². The minimum atomic E-state index is -2.71. The Hall–Kier alpha value is -0.200. The highest BCUT2D eigenvalue weighted by atomic mass is 32.2. The molecule has 0 radical (unpaired) electrons. The van der Waals surface area contributed by atoms with Crippen LogP contribution in [0.25, 0.3) is 0 Å². The molecule has 0 aromatic heterocycles. The minimum absolute atomic E-state index is 0. The van der Waals surface area contributed by atoms with E-state index < -0.39 is 29.2 Å². The molecule has 3 fully saturated rings. The fraction of sp³-hybridized carbons (Fsp3) is 0.955. The summed E-state index contributed by atoms with van der Waals surface area (Å²) in [6, 6.07) is 1.36. The molecule has 0 saturated carbocycles. The highest BCUT2D eigenvalue weighted by Crippen LogP contribution is 2.14. The van der Waals surface area contributed by atoms with Gasteiger partial charge in [-0.05, 0) is 56.9 Å². The Morgan fingerprint density at radius 3 is 1.09 bits per heavy atom. The molecule has 0 unspecified atom stereocenters. The average molecular weight is 536 g/mol. The molecule has 0 aliphatic carbocycles. The van der Waals surface area contributed by atoms with E-state index in [1.807, 2.05) is 18.7 Å². The smallest absolute Gasteiger partial charge is 0.164 e. The van der Waals surface area contributed by atoms with E-state index in [4.69, 9.17) is 0 Å². The maximum absolute atomic E-state index is 11.0. The fourth-order valence-electron chi connectivity index (χ4n) is 3.15. The summed E-state index contributed by atoms with van der Waals surface area (Å²) in [5, 5.41) is 0. The van der Waals surface area contributed by atoms with Gasteiger partial charge in [0.2, 0.25) is 0 Å². The molecule has 204 valence electrons. The Balaban J connectivity index is -0.000000393. The zero-order chi connectivity index (χ0) is 23.3. The number of nitrogens with zero attached hydrogens (tertiary/aromatic N) is 3. The second kappa shape index (κ2) is 15.0. The third-order valence-corrected chi connectivity index (χ3v) is 10.2. The van der Waals surface area contributed by atoms with E-state index in [-0.39, 0.29) is 28.2 Å².